The Kier molecular flexibility index (Phi) is 1.51. The summed E-state index contributed by atoms with van der Waals surface area (Å²) in [6, 6.07) is 1.71. The molecule has 0 bridgehead atoms. The highest BCUT2D eigenvalue weighted by molar-refractivity contribution is 6.04. The summed E-state index contributed by atoms with van der Waals surface area (Å²) in [6.45, 7) is 0. The topological polar surface area (TPSA) is 80.6 Å². The van der Waals surface area contributed by atoms with E-state index in [-0.39, 0.29) is 5.84 Å². The predicted octanol–water partition coefficient (Wildman–Crippen LogP) is 0.252. The highest BCUT2D eigenvalue weighted by Gasteiger charge is 2.07. The maximum Gasteiger partial charge on any atom is 0.178 e. The van der Waals surface area contributed by atoms with Gasteiger partial charge in [-0.05, 0) is 6.07 Å². The molecule has 0 radical (unpaired) electrons. The van der Waals surface area contributed by atoms with E-state index < -0.39 is 0 Å². The number of rotatable bonds is 1. The van der Waals surface area contributed by atoms with Gasteiger partial charge in [-0.3, -0.25) is 5.41 Å². The van der Waals surface area contributed by atoms with Gasteiger partial charge in [0.2, 0.25) is 0 Å². The molecule has 13 heavy (non-hydrogen) atoms. The van der Waals surface area contributed by atoms with Crippen LogP contribution in [0.15, 0.2) is 18.6 Å². The number of nitrogens with one attached hydrogen (secondary N) is 1. The van der Waals surface area contributed by atoms with Crippen molar-refractivity contribution in [2.24, 2.45) is 12.8 Å². The Balaban J connectivity index is 2.88. The van der Waals surface area contributed by atoms with Crippen molar-refractivity contribution in [3.63, 3.8) is 0 Å². The van der Waals surface area contributed by atoms with Crippen LogP contribution in [-0.2, 0) is 7.05 Å². The molecule has 66 valence electrons. The summed E-state index contributed by atoms with van der Waals surface area (Å²) in [5.41, 5.74) is 7.52. The Morgan fingerprint density at radius 1 is 1.54 bits per heavy atom. The zero-order valence-electron chi connectivity index (χ0n) is 7.15. The zero-order chi connectivity index (χ0) is 9.42. The van der Waals surface area contributed by atoms with Crippen molar-refractivity contribution in [1.82, 2.24) is 14.5 Å². The molecule has 0 spiro atoms. The summed E-state index contributed by atoms with van der Waals surface area (Å²) in [6.07, 6.45) is 3.26. The number of nitrogens with zero attached hydrogens (tertiary/aromatic N) is 3. The van der Waals surface area contributed by atoms with Gasteiger partial charge in [0.1, 0.15) is 5.84 Å². The quantitative estimate of drug-likeness (QED) is 0.481. The van der Waals surface area contributed by atoms with E-state index in [0.29, 0.717) is 11.2 Å². The van der Waals surface area contributed by atoms with Gasteiger partial charge in [0, 0.05) is 18.8 Å². The number of hydrogen-bond acceptors (Lipinski definition) is 3. The summed E-state index contributed by atoms with van der Waals surface area (Å²) in [5.74, 6) is 0.0380. The molecule has 0 fully saturated rings. The molecule has 3 N–H and O–H groups in total. The number of aromatic nitrogens is 3. The van der Waals surface area contributed by atoms with Crippen LogP contribution in [0.25, 0.3) is 11.2 Å². The van der Waals surface area contributed by atoms with Crippen molar-refractivity contribution >= 4 is 17.0 Å². The molecule has 0 atom stereocenters. The number of amidine groups is 1. The normalized spacial score (nSPS) is 10.5. The third-order valence-corrected chi connectivity index (χ3v) is 1.90. The molecule has 0 unspecified atom stereocenters. The molecule has 2 rings (SSSR count). The van der Waals surface area contributed by atoms with E-state index >= 15 is 0 Å². The van der Waals surface area contributed by atoms with Gasteiger partial charge < -0.3 is 10.3 Å². The Labute approximate surface area is 74.7 Å². The summed E-state index contributed by atoms with van der Waals surface area (Å²) < 4.78 is 1.80. The van der Waals surface area contributed by atoms with Crippen molar-refractivity contribution in [1.29, 1.82) is 5.41 Å². The van der Waals surface area contributed by atoms with Gasteiger partial charge in [0.25, 0.3) is 0 Å². The fraction of sp³-hybridized carbons (Fsp3) is 0.125. The largest absolute Gasteiger partial charge is 0.384 e. The SMILES string of the molecule is Cn1cnc2nccc(C(=N)N)c21. The third-order valence-electron chi connectivity index (χ3n) is 1.90. The lowest BCUT2D eigenvalue weighted by molar-refractivity contribution is 0.946. The molecule has 2 aromatic heterocycles. The van der Waals surface area contributed by atoms with E-state index in [1.54, 1.807) is 23.2 Å². The summed E-state index contributed by atoms with van der Waals surface area (Å²) in [5, 5.41) is 7.36. The van der Waals surface area contributed by atoms with Crippen molar-refractivity contribution in [2.75, 3.05) is 0 Å². The van der Waals surface area contributed by atoms with E-state index in [0.717, 1.165) is 5.52 Å². The molecule has 5 heteroatoms. The van der Waals surface area contributed by atoms with Gasteiger partial charge in [0.15, 0.2) is 5.65 Å². The average molecular weight is 175 g/mol. The molecule has 0 aliphatic heterocycles. The van der Waals surface area contributed by atoms with Crippen molar-refractivity contribution in [3.8, 4) is 0 Å². The van der Waals surface area contributed by atoms with E-state index in [2.05, 4.69) is 9.97 Å². The molecular formula is C8H9N5. The zero-order valence-corrected chi connectivity index (χ0v) is 7.15. The van der Waals surface area contributed by atoms with Crippen molar-refractivity contribution in [2.45, 2.75) is 0 Å². The first-order chi connectivity index (χ1) is 6.20. The van der Waals surface area contributed by atoms with E-state index in [4.69, 9.17) is 11.1 Å². The van der Waals surface area contributed by atoms with Crippen molar-refractivity contribution in [3.05, 3.63) is 24.2 Å². The monoisotopic (exact) mass is 175 g/mol. The molecule has 2 aromatic rings. The molecule has 0 saturated heterocycles. The third kappa shape index (κ3) is 1.05. The molecule has 2 heterocycles. The highest BCUT2D eigenvalue weighted by Crippen LogP contribution is 2.13. The molecule has 5 nitrogen and oxygen atoms in total. The van der Waals surface area contributed by atoms with Crippen LogP contribution >= 0.6 is 0 Å². The first kappa shape index (κ1) is 7.72. The molecule has 0 amide bonds. The average Bonchev–Trinajstić information content (AvgIpc) is 2.48. The summed E-state index contributed by atoms with van der Waals surface area (Å²) in [7, 11) is 1.85. The fourth-order valence-corrected chi connectivity index (χ4v) is 1.30. The standard InChI is InChI=1S/C8H9N5/c1-13-4-12-8-6(13)5(7(9)10)2-3-11-8/h2-4H,1H3,(H3,9,10). The van der Waals surface area contributed by atoms with Crippen LogP contribution in [0.1, 0.15) is 5.56 Å². The lowest BCUT2D eigenvalue weighted by Crippen LogP contribution is -2.12. The molecule has 0 aromatic carbocycles. The van der Waals surface area contributed by atoms with Crippen LogP contribution < -0.4 is 5.73 Å². The van der Waals surface area contributed by atoms with E-state index in [1.807, 2.05) is 7.05 Å². The number of imidazole rings is 1. The lowest BCUT2D eigenvalue weighted by atomic mass is 10.2. The molecule has 0 saturated carbocycles. The van der Waals surface area contributed by atoms with Gasteiger partial charge >= 0.3 is 0 Å². The second kappa shape index (κ2) is 2.55. The summed E-state index contributed by atoms with van der Waals surface area (Å²) >= 11 is 0. The predicted molar refractivity (Wildman–Crippen MR) is 49.5 cm³/mol. The maximum absolute atomic E-state index is 7.36. The first-order valence-electron chi connectivity index (χ1n) is 3.80. The van der Waals surface area contributed by atoms with Gasteiger partial charge in [-0.25, -0.2) is 9.97 Å². The van der Waals surface area contributed by atoms with Gasteiger partial charge in [-0.15, -0.1) is 0 Å². The number of nitrogens with two attached hydrogens (primary N) is 1. The van der Waals surface area contributed by atoms with E-state index in [1.165, 1.54) is 0 Å². The number of pyridine rings is 1. The van der Waals surface area contributed by atoms with E-state index in [9.17, 15) is 0 Å². The Morgan fingerprint density at radius 3 is 3.00 bits per heavy atom. The van der Waals surface area contributed by atoms with Crippen LogP contribution in [0.3, 0.4) is 0 Å². The fourth-order valence-electron chi connectivity index (χ4n) is 1.30. The number of aryl methyl sites for hydroxylation is 1. The lowest BCUT2D eigenvalue weighted by Gasteiger charge is -2.01. The van der Waals surface area contributed by atoms with Crippen LogP contribution in [-0.4, -0.2) is 20.4 Å². The van der Waals surface area contributed by atoms with Crippen LogP contribution in [0.2, 0.25) is 0 Å². The second-order valence-corrected chi connectivity index (χ2v) is 2.80. The number of fused-ring (bicyclic) bond motifs is 1. The van der Waals surface area contributed by atoms with Crippen molar-refractivity contribution < 1.29 is 0 Å². The Bertz CT molecular complexity index is 470. The smallest absolute Gasteiger partial charge is 0.178 e. The van der Waals surface area contributed by atoms with Crippen LogP contribution in [0.4, 0.5) is 0 Å². The van der Waals surface area contributed by atoms with Gasteiger partial charge in [-0.1, -0.05) is 0 Å². The van der Waals surface area contributed by atoms with Gasteiger partial charge in [0.05, 0.1) is 11.8 Å². The highest BCUT2D eigenvalue weighted by atomic mass is 15.1. The van der Waals surface area contributed by atoms with Crippen LogP contribution in [0.5, 0.6) is 0 Å². The number of hydrogen-bond donors (Lipinski definition) is 2. The molecular weight excluding hydrogens is 166 g/mol. The Hall–Kier alpha value is -1.91. The number of nitrogen functional groups attached to an aromatic ring is 1. The molecule has 0 aliphatic carbocycles. The molecule has 0 aliphatic rings. The first-order valence-corrected chi connectivity index (χ1v) is 3.80. The minimum atomic E-state index is 0.0380. The van der Waals surface area contributed by atoms with Crippen LogP contribution in [0, 0.1) is 5.41 Å². The Morgan fingerprint density at radius 2 is 2.31 bits per heavy atom. The minimum absolute atomic E-state index is 0.0380. The maximum atomic E-state index is 7.36. The second-order valence-electron chi connectivity index (χ2n) is 2.80. The summed E-state index contributed by atoms with van der Waals surface area (Å²) in [4.78, 5) is 8.12. The minimum Gasteiger partial charge on any atom is -0.384 e. The van der Waals surface area contributed by atoms with Gasteiger partial charge in [-0.2, -0.15) is 0 Å².